The van der Waals surface area contributed by atoms with Gasteiger partial charge in [-0.1, -0.05) is 41.9 Å². The van der Waals surface area contributed by atoms with Crippen LogP contribution in [0.15, 0.2) is 52.0 Å². The summed E-state index contributed by atoms with van der Waals surface area (Å²) in [6, 6.07) is 12.8. The van der Waals surface area contributed by atoms with Gasteiger partial charge in [-0.2, -0.15) is 0 Å². The van der Waals surface area contributed by atoms with E-state index in [1.807, 2.05) is 30.3 Å². The van der Waals surface area contributed by atoms with Gasteiger partial charge < -0.3 is 0 Å². The molecule has 8 heteroatoms. The minimum Gasteiger partial charge on any atom is -0.243 e. The van der Waals surface area contributed by atoms with Gasteiger partial charge in [-0.25, -0.2) is 17.8 Å². The van der Waals surface area contributed by atoms with Crippen LogP contribution in [0, 0.1) is 0 Å². The maximum atomic E-state index is 12.4. The van der Waals surface area contributed by atoms with Crippen molar-refractivity contribution >= 4 is 32.7 Å². The second-order valence-electron chi connectivity index (χ2n) is 4.99. The van der Waals surface area contributed by atoms with Gasteiger partial charge >= 0.3 is 0 Å². The highest BCUT2D eigenvalue weighted by molar-refractivity contribution is 7.89. The molecule has 6 nitrogen and oxygen atoms in total. The molecule has 0 spiro atoms. The summed E-state index contributed by atoms with van der Waals surface area (Å²) in [5.41, 5.74) is 1.54. The van der Waals surface area contributed by atoms with E-state index in [0.717, 1.165) is 6.42 Å². The zero-order chi connectivity index (χ0) is 16.3. The van der Waals surface area contributed by atoms with Crippen LogP contribution in [-0.4, -0.2) is 25.3 Å². The van der Waals surface area contributed by atoms with Gasteiger partial charge in [0.15, 0.2) is 11.0 Å². The highest BCUT2D eigenvalue weighted by atomic mass is 35.5. The molecule has 0 radical (unpaired) electrons. The van der Waals surface area contributed by atoms with E-state index in [-0.39, 0.29) is 15.9 Å². The minimum absolute atomic E-state index is 0.0119. The average molecular weight is 352 g/mol. The number of aromatic nitrogens is 2. The molecule has 0 aliphatic heterocycles. The van der Waals surface area contributed by atoms with Gasteiger partial charge in [0.2, 0.25) is 10.0 Å². The van der Waals surface area contributed by atoms with Crippen molar-refractivity contribution in [3.05, 3.63) is 53.1 Å². The van der Waals surface area contributed by atoms with E-state index in [1.165, 1.54) is 17.7 Å². The number of nitrogens with one attached hydrogen (secondary N) is 1. The van der Waals surface area contributed by atoms with Crippen molar-refractivity contribution in [2.45, 2.75) is 17.7 Å². The molecule has 3 aromatic rings. The number of nitrogens with zero attached hydrogens (tertiary/aromatic N) is 2. The third kappa shape index (κ3) is 3.52. The first kappa shape index (κ1) is 15.9. The van der Waals surface area contributed by atoms with E-state index in [2.05, 4.69) is 19.7 Å². The molecular formula is C15H14ClN3O3S. The topological polar surface area (TPSA) is 85.1 Å². The van der Waals surface area contributed by atoms with Crippen molar-refractivity contribution in [1.29, 1.82) is 0 Å². The Balaban J connectivity index is 1.69. The van der Waals surface area contributed by atoms with Crippen LogP contribution < -0.4 is 4.72 Å². The van der Waals surface area contributed by atoms with Crippen LogP contribution in [0.4, 0.5) is 0 Å². The van der Waals surface area contributed by atoms with E-state index >= 15 is 0 Å². The predicted octanol–water partition coefficient (Wildman–Crippen LogP) is 2.79. The van der Waals surface area contributed by atoms with E-state index in [1.54, 1.807) is 0 Å². The number of fused-ring (bicyclic) bond motifs is 1. The zero-order valence-electron chi connectivity index (χ0n) is 12.1. The molecule has 0 unspecified atom stereocenters. The Kier molecular flexibility index (Phi) is 4.61. The van der Waals surface area contributed by atoms with Crippen LogP contribution in [0.25, 0.3) is 11.0 Å². The van der Waals surface area contributed by atoms with Crippen molar-refractivity contribution in [3.63, 3.8) is 0 Å². The molecule has 0 atom stereocenters. The van der Waals surface area contributed by atoms with Crippen molar-refractivity contribution in [2.75, 3.05) is 6.54 Å². The standard InChI is InChI=1S/C15H14ClN3O3S/c16-12-8-9-13(15-14(12)18-22-19-15)23(20,21)17-10-4-7-11-5-2-1-3-6-11/h1-3,5-6,8-9,17H,4,7,10H2. The van der Waals surface area contributed by atoms with Crippen molar-refractivity contribution in [2.24, 2.45) is 0 Å². The molecule has 1 heterocycles. The molecule has 0 bridgehead atoms. The van der Waals surface area contributed by atoms with E-state index in [4.69, 9.17) is 11.6 Å². The second-order valence-corrected chi connectivity index (χ2v) is 7.14. The molecule has 0 fully saturated rings. The monoisotopic (exact) mass is 351 g/mol. The lowest BCUT2D eigenvalue weighted by Crippen LogP contribution is -2.25. The van der Waals surface area contributed by atoms with Gasteiger partial charge in [-0.05, 0) is 40.9 Å². The summed E-state index contributed by atoms with van der Waals surface area (Å²) in [4.78, 5) is 0.0119. The number of halogens is 1. The third-order valence-electron chi connectivity index (χ3n) is 3.40. The minimum atomic E-state index is -3.70. The number of rotatable bonds is 6. The summed E-state index contributed by atoms with van der Waals surface area (Å²) in [5, 5.41) is 7.55. The molecule has 2 aromatic carbocycles. The lowest BCUT2D eigenvalue weighted by molar-refractivity contribution is 0.315. The average Bonchev–Trinajstić information content (AvgIpc) is 3.03. The second kappa shape index (κ2) is 6.66. The SMILES string of the molecule is O=S(=O)(NCCCc1ccccc1)c1ccc(Cl)c2nonc12. The Bertz CT molecular complexity index is 910. The van der Waals surface area contributed by atoms with Gasteiger partial charge in [0, 0.05) is 6.54 Å². The van der Waals surface area contributed by atoms with E-state index in [0.29, 0.717) is 18.0 Å². The molecule has 23 heavy (non-hydrogen) atoms. The van der Waals surface area contributed by atoms with Gasteiger partial charge in [0.25, 0.3) is 0 Å². The third-order valence-corrected chi connectivity index (χ3v) is 5.19. The smallest absolute Gasteiger partial charge is 0.242 e. The number of benzene rings is 2. The van der Waals surface area contributed by atoms with Crippen LogP contribution in [-0.2, 0) is 16.4 Å². The van der Waals surface area contributed by atoms with E-state index in [9.17, 15) is 8.42 Å². The Morgan fingerprint density at radius 3 is 2.57 bits per heavy atom. The summed E-state index contributed by atoms with van der Waals surface area (Å²) in [6.07, 6.45) is 1.49. The normalized spacial score (nSPS) is 11.9. The molecular weight excluding hydrogens is 338 g/mol. The van der Waals surface area contributed by atoms with Gasteiger partial charge in [-0.15, -0.1) is 0 Å². The maximum Gasteiger partial charge on any atom is 0.242 e. The van der Waals surface area contributed by atoms with Gasteiger partial charge in [-0.3, -0.25) is 0 Å². The zero-order valence-corrected chi connectivity index (χ0v) is 13.6. The van der Waals surface area contributed by atoms with Crippen LogP contribution >= 0.6 is 11.6 Å². The first-order valence-electron chi connectivity index (χ1n) is 7.02. The fourth-order valence-electron chi connectivity index (χ4n) is 2.25. The Hall–Kier alpha value is -1.96. The van der Waals surface area contributed by atoms with Crippen molar-refractivity contribution in [1.82, 2.24) is 15.0 Å². The highest BCUT2D eigenvalue weighted by Gasteiger charge is 2.21. The summed E-state index contributed by atoms with van der Waals surface area (Å²) in [6.45, 7) is 0.326. The molecule has 0 aliphatic rings. The van der Waals surface area contributed by atoms with Crippen molar-refractivity contribution < 1.29 is 13.0 Å². The van der Waals surface area contributed by atoms with Crippen molar-refractivity contribution in [3.8, 4) is 0 Å². The lowest BCUT2D eigenvalue weighted by Gasteiger charge is -2.07. The first-order valence-corrected chi connectivity index (χ1v) is 8.88. The molecule has 0 amide bonds. The largest absolute Gasteiger partial charge is 0.243 e. The number of hydrogen-bond acceptors (Lipinski definition) is 5. The quantitative estimate of drug-likeness (QED) is 0.690. The molecule has 0 saturated heterocycles. The predicted molar refractivity (Wildman–Crippen MR) is 86.8 cm³/mol. The summed E-state index contributed by atoms with van der Waals surface area (Å²) < 4.78 is 32.0. The molecule has 3 rings (SSSR count). The van der Waals surface area contributed by atoms with Crippen LogP contribution in [0.1, 0.15) is 12.0 Å². The number of sulfonamides is 1. The molecule has 0 saturated carbocycles. The summed E-state index contributed by atoms with van der Waals surface area (Å²) >= 11 is 5.94. The maximum absolute atomic E-state index is 12.4. The van der Waals surface area contributed by atoms with Crippen LogP contribution in [0.2, 0.25) is 5.02 Å². The highest BCUT2D eigenvalue weighted by Crippen LogP contribution is 2.26. The van der Waals surface area contributed by atoms with Crippen LogP contribution in [0.5, 0.6) is 0 Å². The Morgan fingerprint density at radius 1 is 1.04 bits per heavy atom. The molecule has 120 valence electrons. The fourth-order valence-corrected chi connectivity index (χ4v) is 3.64. The molecule has 1 N–H and O–H groups in total. The lowest BCUT2D eigenvalue weighted by atomic mass is 10.1. The first-order chi connectivity index (χ1) is 11.1. The summed E-state index contributed by atoms with van der Waals surface area (Å²) in [5.74, 6) is 0. The van der Waals surface area contributed by atoms with Gasteiger partial charge in [0.05, 0.1) is 5.02 Å². The van der Waals surface area contributed by atoms with E-state index < -0.39 is 10.0 Å². The van der Waals surface area contributed by atoms with Gasteiger partial charge in [0.1, 0.15) is 4.90 Å². The number of aryl methyl sites for hydroxylation is 1. The molecule has 0 aliphatic carbocycles. The Labute approximate surface area is 138 Å². The summed E-state index contributed by atoms with van der Waals surface area (Å²) in [7, 11) is -3.70. The van der Waals surface area contributed by atoms with Crippen LogP contribution in [0.3, 0.4) is 0 Å². The molecule has 1 aromatic heterocycles. The fraction of sp³-hybridized carbons (Fsp3) is 0.200. The Morgan fingerprint density at radius 2 is 1.78 bits per heavy atom. The number of hydrogen-bond donors (Lipinski definition) is 1.